The standard InChI is InChI=1S/C9H12FNO/c1-7(10)6-12-9-4-2-3-8(11)5-9/h2-5,7H,6,11H2,1H3/t7-/m1/s1. The molecular weight excluding hydrogens is 157 g/mol. The average Bonchev–Trinajstić information content (AvgIpc) is 2.01. The molecule has 0 aliphatic heterocycles. The molecule has 1 rings (SSSR count). The van der Waals surface area contributed by atoms with Crippen LogP contribution in [0, 0.1) is 0 Å². The second-order valence-electron chi connectivity index (χ2n) is 2.66. The van der Waals surface area contributed by atoms with E-state index in [2.05, 4.69) is 0 Å². The number of nitrogens with two attached hydrogens (primary N) is 1. The van der Waals surface area contributed by atoms with Gasteiger partial charge in [-0.1, -0.05) is 6.07 Å². The van der Waals surface area contributed by atoms with Gasteiger partial charge in [0.2, 0.25) is 0 Å². The molecule has 0 bridgehead atoms. The molecule has 0 saturated carbocycles. The van der Waals surface area contributed by atoms with Crippen LogP contribution in [0.15, 0.2) is 24.3 Å². The summed E-state index contributed by atoms with van der Waals surface area (Å²) < 4.78 is 17.4. The molecule has 0 aliphatic carbocycles. The third-order valence-corrected chi connectivity index (χ3v) is 1.34. The van der Waals surface area contributed by atoms with E-state index in [1.807, 2.05) is 0 Å². The first-order valence-electron chi connectivity index (χ1n) is 3.81. The molecule has 1 atom stereocenters. The largest absolute Gasteiger partial charge is 0.491 e. The zero-order valence-electron chi connectivity index (χ0n) is 6.96. The molecule has 2 N–H and O–H groups in total. The second-order valence-corrected chi connectivity index (χ2v) is 2.66. The Bertz CT molecular complexity index is 250. The van der Waals surface area contributed by atoms with Crippen LogP contribution in [0.2, 0.25) is 0 Å². The quantitative estimate of drug-likeness (QED) is 0.702. The molecule has 1 aromatic carbocycles. The number of hydrogen-bond donors (Lipinski definition) is 1. The zero-order valence-corrected chi connectivity index (χ0v) is 6.96. The predicted octanol–water partition coefficient (Wildman–Crippen LogP) is 2.01. The number of anilines is 1. The van der Waals surface area contributed by atoms with E-state index >= 15 is 0 Å². The van der Waals surface area contributed by atoms with E-state index in [4.69, 9.17) is 10.5 Å². The summed E-state index contributed by atoms with van der Waals surface area (Å²) >= 11 is 0. The van der Waals surface area contributed by atoms with Crippen molar-refractivity contribution in [1.29, 1.82) is 0 Å². The first kappa shape index (κ1) is 8.84. The highest BCUT2D eigenvalue weighted by Gasteiger charge is 1.99. The molecule has 0 saturated heterocycles. The van der Waals surface area contributed by atoms with Gasteiger partial charge in [0.25, 0.3) is 0 Å². The van der Waals surface area contributed by atoms with Crippen molar-refractivity contribution in [3.8, 4) is 5.75 Å². The minimum Gasteiger partial charge on any atom is -0.491 e. The highest BCUT2D eigenvalue weighted by atomic mass is 19.1. The molecule has 1 aromatic rings. The van der Waals surface area contributed by atoms with Gasteiger partial charge in [0.1, 0.15) is 18.5 Å². The van der Waals surface area contributed by atoms with Crippen molar-refractivity contribution in [2.24, 2.45) is 0 Å². The Labute approximate surface area is 71.1 Å². The van der Waals surface area contributed by atoms with Crippen LogP contribution in [-0.2, 0) is 0 Å². The van der Waals surface area contributed by atoms with Crippen molar-refractivity contribution in [1.82, 2.24) is 0 Å². The number of nitrogen functional groups attached to an aromatic ring is 1. The fraction of sp³-hybridized carbons (Fsp3) is 0.333. The first-order valence-corrected chi connectivity index (χ1v) is 3.81. The van der Waals surface area contributed by atoms with Crippen molar-refractivity contribution in [2.45, 2.75) is 13.1 Å². The molecule has 0 unspecified atom stereocenters. The van der Waals surface area contributed by atoms with Gasteiger partial charge in [0, 0.05) is 11.8 Å². The van der Waals surface area contributed by atoms with Gasteiger partial charge in [-0.3, -0.25) is 0 Å². The summed E-state index contributed by atoms with van der Waals surface area (Å²) in [4.78, 5) is 0. The predicted molar refractivity (Wildman–Crippen MR) is 46.9 cm³/mol. The molecular formula is C9H12FNO. The van der Waals surface area contributed by atoms with Gasteiger partial charge in [-0.2, -0.15) is 0 Å². The number of halogens is 1. The molecule has 0 aromatic heterocycles. The molecule has 2 nitrogen and oxygen atoms in total. The Balaban J connectivity index is 2.52. The van der Waals surface area contributed by atoms with E-state index in [0.717, 1.165) is 0 Å². The topological polar surface area (TPSA) is 35.2 Å². The Morgan fingerprint density at radius 3 is 2.92 bits per heavy atom. The number of ether oxygens (including phenoxy) is 1. The Morgan fingerprint density at radius 1 is 1.58 bits per heavy atom. The second kappa shape index (κ2) is 3.95. The van der Waals surface area contributed by atoms with E-state index < -0.39 is 6.17 Å². The van der Waals surface area contributed by atoms with Crippen LogP contribution in [0.25, 0.3) is 0 Å². The summed E-state index contributed by atoms with van der Waals surface area (Å²) in [5, 5.41) is 0. The van der Waals surface area contributed by atoms with Crippen molar-refractivity contribution < 1.29 is 9.13 Å². The molecule has 3 heteroatoms. The van der Waals surface area contributed by atoms with Gasteiger partial charge in [-0.15, -0.1) is 0 Å². The molecule has 0 radical (unpaired) electrons. The summed E-state index contributed by atoms with van der Waals surface area (Å²) in [6, 6.07) is 6.94. The molecule has 0 aliphatic rings. The monoisotopic (exact) mass is 169 g/mol. The van der Waals surface area contributed by atoms with Crippen LogP contribution in [0.3, 0.4) is 0 Å². The summed E-state index contributed by atoms with van der Waals surface area (Å²) in [7, 11) is 0. The molecule has 66 valence electrons. The van der Waals surface area contributed by atoms with Crippen molar-refractivity contribution in [3.63, 3.8) is 0 Å². The van der Waals surface area contributed by atoms with E-state index in [1.54, 1.807) is 24.3 Å². The summed E-state index contributed by atoms with van der Waals surface area (Å²) in [6.07, 6.45) is -0.952. The Hall–Kier alpha value is -1.25. The SMILES string of the molecule is C[C@@H](F)COc1cccc(N)c1. The average molecular weight is 169 g/mol. The molecule has 0 amide bonds. The van der Waals surface area contributed by atoms with E-state index in [1.165, 1.54) is 6.92 Å². The minimum atomic E-state index is -0.952. The van der Waals surface area contributed by atoms with E-state index in [9.17, 15) is 4.39 Å². The number of benzene rings is 1. The highest BCUT2D eigenvalue weighted by Crippen LogP contribution is 2.14. The Morgan fingerprint density at radius 2 is 2.33 bits per heavy atom. The van der Waals surface area contributed by atoms with Gasteiger partial charge in [-0.25, -0.2) is 4.39 Å². The lowest BCUT2D eigenvalue weighted by molar-refractivity contribution is 0.210. The molecule has 12 heavy (non-hydrogen) atoms. The molecule has 0 heterocycles. The maximum absolute atomic E-state index is 12.3. The third kappa shape index (κ3) is 2.78. The van der Waals surface area contributed by atoms with Crippen LogP contribution < -0.4 is 10.5 Å². The lowest BCUT2D eigenvalue weighted by Gasteiger charge is -2.06. The number of hydrogen-bond acceptors (Lipinski definition) is 2. The summed E-state index contributed by atoms with van der Waals surface area (Å²) in [5.74, 6) is 0.611. The number of rotatable bonds is 3. The van der Waals surface area contributed by atoms with Crippen LogP contribution in [0.1, 0.15) is 6.92 Å². The smallest absolute Gasteiger partial charge is 0.131 e. The lowest BCUT2D eigenvalue weighted by Crippen LogP contribution is -2.08. The third-order valence-electron chi connectivity index (χ3n) is 1.34. The van der Waals surface area contributed by atoms with E-state index in [0.29, 0.717) is 11.4 Å². The van der Waals surface area contributed by atoms with Crippen LogP contribution in [0.5, 0.6) is 5.75 Å². The van der Waals surface area contributed by atoms with Gasteiger partial charge >= 0.3 is 0 Å². The van der Waals surface area contributed by atoms with Crippen LogP contribution >= 0.6 is 0 Å². The first-order chi connectivity index (χ1) is 5.68. The maximum atomic E-state index is 12.3. The lowest BCUT2D eigenvalue weighted by atomic mass is 10.3. The summed E-state index contributed by atoms with van der Waals surface area (Å²) in [5.41, 5.74) is 6.12. The van der Waals surface area contributed by atoms with Crippen LogP contribution in [-0.4, -0.2) is 12.8 Å². The number of alkyl halides is 1. The summed E-state index contributed by atoms with van der Waals surface area (Å²) in [6.45, 7) is 1.52. The maximum Gasteiger partial charge on any atom is 0.131 e. The highest BCUT2D eigenvalue weighted by molar-refractivity contribution is 5.43. The van der Waals surface area contributed by atoms with Crippen molar-refractivity contribution >= 4 is 5.69 Å². The zero-order chi connectivity index (χ0) is 8.97. The van der Waals surface area contributed by atoms with Gasteiger partial charge in [0.05, 0.1) is 0 Å². The van der Waals surface area contributed by atoms with Gasteiger partial charge < -0.3 is 10.5 Å². The molecule has 0 spiro atoms. The van der Waals surface area contributed by atoms with Gasteiger partial charge in [-0.05, 0) is 19.1 Å². The van der Waals surface area contributed by atoms with Crippen molar-refractivity contribution in [2.75, 3.05) is 12.3 Å². The van der Waals surface area contributed by atoms with E-state index in [-0.39, 0.29) is 6.61 Å². The fourth-order valence-corrected chi connectivity index (χ4v) is 0.815. The normalized spacial score (nSPS) is 12.5. The fourth-order valence-electron chi connectivity index (χ4n) is 0.815. The molecule has 0 fully saturated rings. The van der Waals surface area contributed by atoms with Crippen molar-refractivity contribution in [3.05, 3.63) is 24.3 Å². The Kier molecular flexibility index (Phi) is 2.91. The van der Waals surface area contributed by atoms with Gasteiger partial charge in [0.15, 0.2) is 0 Å². The minimum absolute atomic E-state index is 0.0729. The van der Waals surface area contributed by atoms with Crippen LogP contribution in [0.4, 0.5) is 10.1 Å².